The smallest absolute Gasteiger partial charge is 0.347 e. The van der Waals surface area contributed by atoms with Crippen LogP contribution in [0.1, 0.15) is 23.7 Å². The van der Waals surface area contributed by atoms with E-state index >= 15 is 0 Å². The zero-order valence-electron chi connectivity index (χ0n) is 21.2. The first kappa shape index (κ1) is 30.1. The van der Waals surface area contributed by atoms with Gasteiger partial charge in [-0.2, -0.15) is 4.99 Å². The standard InChI is InChI=1S/C24H31N7O7/c1-3-22(35-2)31-13-18(23(25)28-24(31)34)7-5-9-27-20(33)15-36-10-11-37-21(29-30-26)16-38-19-8-4-6-17(12-19)14-32/h4,6,8,12,14,18,21-22H,3,9-11,13,15-16H2,1-2H3,(H,27,33)(H2,25,28,34)/t18?,21?,22-/m1/s1. The fourth-order valence-electron chi connectivity index (χ4n) is 3.29. The minimum atomic E-state index is -0.925. The van der Waals surface area contributed by atoms with Crippen LogP contribution in [-0.2, 0) is 19.0 Å². The van der Waals surface area contributed by atoms with Crippen molar-refractivity contribution in [3.05, 3.63) is 40.3 Å². The van der Waals surface area contributed by atoms with Gasteiger partial charge in [-0.15, -0.1) is 0 Å². The quantitative estimate of drug-likeness (QED) is 0.0852. The van der Waals surface area contributed by atoms with E-state index in [0.29, 0.717) is 24.0 Å². The number of rotatable bonds is 15. The molecular formula is C24H31N7O7. The van der Waals surface area contributed by atoms with Crippen molar-refractivity contribution in [2.24, 2.45) is 21.8 Å². The summed E-state index contributed by atoms with van der Waals surface area (Å²) in [6, 6.07) is 6.02. The zero-order chi connectivity index (χ0) is 27.8. The number of ether oxygens (including phenoxy) is 4. The summed E-state index contributed by atoms with van der Waals surface area (Å²) >= 11 is 0. The lowest BCUT2D eigenvalue weighted by Gasteiger charge is -2.33. The third kappa shape index (κ3) is 10.1. The molecule has 0 aromatic heterocycles. The van der Waals surface area contributed by atoms with Crippen LogP contribution in [0.25, 0.3) is 10.4 Å². The molecule has 0 bridgehead atoms. The van der Waals surface area contributed by atoms with Gasteiger partial charge in [0.1, 0.15) is 37.3 Å². The number of urea groups is 1. The van der Waals surface area contributed by atoms with Crippen molar-refractivity contribution >= 4 is 24.1 Å². The zero-order valence-corrected chi connectivity index (χ0v) is 21.2. The van der Waals surface area contributed by atoms with Gasteiger partial charge in [0.2, 0.25) is 5.91 Å². The molecule has 38 heavy (non-hydrogen) atoms. The Morgan fingerprint density at radius 1 is 1.45 bits per heavy atom. The largest absolute Gasteiger partial charge is 0.491 e. The molecule has 14 nitrogen and oxygen atoms in total. The molecule has 0 aliphatic carbocycles. The lowest BCUT2D eigenvalue weighted by Crippen LogP contribution is -2.49. The van der Waals surface area contributed by atoms with E-state index in [1.165, 1.54) is 12.0 Å². The minimum absolute atomic E-state index is 0.0459. The number of nitrogens with zero attached hydrogens (tertiary/aromatic N) is 5. The van der Waals surface area contributed by atoms with Crippen LogP contribution in [0, 0.1) is 17.8 Å². The lowest BCUT2D eigenvalue weighted by atomic mass is 10.1. The number of amidine groups is 1. The van der Waals surface area contributed by atoms with E-state index in [9.17, 15) is 14.4 Å². The summed E-state index contributed by atoms with van der Waals surface area (Å²) < 4.78 is 21.5. The third-order valence-electron chi connectivity index (χ3n) is 5.16. The van der Waals surface area contributed by atoms with E-state index in [4.69, 9.17) is 30.2 Å². The second kappa shape index (κ2) is 16.6. The topological polar surface area (TPSA) is 191 Å². The van der Waals surface area contributed by atoms with Crippen LogP contribution >= 0.6 is 0 Å². The predicted molar refractivity (Wildman–Crippen MR) is 136 cm³/mol. The summed E-state index contributed by atoms with van der Waals surface area (Å²) in [5.41, 5.74) is 15.0. The fourth-order valence-corrected chi connectivity index (χ4v) is 3.29. The van der Waals surface area contributed by atoms with Gasteiger partial charge in [0.25, 0.3) is 0 Å². The maximum atomic E-state index is 12.1. The molecular weight excluding hydrogens is 498 g/mol. The van der Waals surface area contributed by atoms with Gasteiger partial charge in [-0.25, -0.2) is 4.79 Å². The average molecular weight is 530 g/mol. The van der Waals surface area contributed by atoms with Gasteiger partial charge < -0.3 is 30.0 Å². The summed E-state index contributed by atoms with van der Waals surface area (Å²) in [5.74, 6) is 5.41. The van der Waals surface area contributed by atoms with Crippen LogP contribution in [0.15, 0.2) is 34.4 Å². The van der Waals surface area contributed by atoms with Crippen molar-refractivity contribution in [3.63, 3.8) is 0 Å². The van der Waals surface area contributed by atoms with Gasteiger partial charge in [0.05, 0.1) is 25.7 Å². The van der Waals surface area contributed by atoms with E-state index in [2.05, 4.69) is 32.2 Å². The highest BCUT2D eigenvalue weighted by molar-refractivity contribution is 5.98. The minimum Gasteiger partial charge on any atom is -0.491 e. The van der Waals surface area contributed by atoms with Crippen LogP contribution in [0.2, 0.25) is 0 Å². The van der Waals surface area contributed by atoms with Crippen LogP contribution in [0.4, 0.5) is 4.79 Å². The van der Waals surface area contributed by atoms with Crippen LogP contribution in [0.3, 0.4) is 0 Å². The number of carbonyl (C=O) groups excluding carboxylic acids is 3. The molecule has 204 valence electrons. The fraction of sp³-hybridized carbons (Fsp3) is 0.500. The van der Waals surface area contributed by atoms with Gasteiger partial charge in [-0.3, -0.25) is 14.5 Å². The Labute approximate surface area is 220 Å². The number of benzene rings is 1. The van der Waals surface area contributed by atoms with E-state index in [1.54, 1.807) is 24.3 Å². The van der Waals surface area contributed by atoms with Crippen LogP contribution < -0.4 is 15.8 Å². The average Bonchev–Trinajstić information content (AvgIpc) is 2.92. The first-order valence-corrected chi connectivity index (χ1v) is 11.8. The van der Waals surface area contributed by atoms with Gasteiger partial charge in [-0.05, 0) is 24.1 Å². The number of aliphatic imine (C=N–C) groups is 1. The number of methoxy groups -OCH3 is 1. The Morgan fingerprint density at radius 2 is 2.26 bits per heavy atom. The van der Waals surface area contributed by atoms with Crippen molar-refractivity contribution in [3.8, 4) is 17.6 Å². The molecule has 1 heterocycles. The first-order chi connectivity index (χ1) is 18.4. The summed E-state index contributed by atoms with van der Waals surface area (Å²) in [6.45, 7) is 2.00. The van der Waals surface area contributed by atoms with E-state index in [1.807, 2.05) is 6.92 Å². The first-order valence-electron chi connectivity index (χ1n) is 11.8. The lowest BCUT2D eigenvalue weighted by molar-refractivity contribution is -0.126. The van der Waals surface area contributed by atoms with Gasteiger partial charge in [0.15, 0.2) is 6.23 Å². The molecule has 1 aliphatic rings. The van der Waals surface area contributed by atoms with Gasteiger partial charge in [-0.1, -0.05) is 36.0 Å². The summed E-state index contributed by atoms with van der Waals surface area (Å²) in [4.78, 5) is 42.9. The van der Waals surface area contributed by atoms with E-state index in [0.717, 1.165) is 0 Å². The number of amides is 3. The molecule has 0 radical (unpaired) electrons. The third-order valence-corrected chi connectivity index (χ3v) is 5.16. The van der Waals surface area contributed by atoms with Crippen LogP contribution in [0.5, 0.6) is 5.75 Å². The van der Waals surface area contributed by atoms with Crippen molar-refractivity contribution in [2.75, 3.05) is 46.6 Å². The van der Waals surface area contributed by atoms with Gasteiger partial charge >= 0.3 is 6.03 Å². The van der Waals surface area contributed by atoms with E-state index < -0.39 is 30.3 Å². The molecule has 3 N–H and O–H groups in total. The molecule has 0 fully saturated rings. The monoisotopic (exact) mass is 529 g/mol. The Kier molecular flexibility index (Phi) is 13.1. The van der Waals surface area contributed by atoms with Crippen molar-refractivity contribution in [1.82, 2.24) is 10.2 Å². The van der Waals surface area contributed by atoms with E-state index in [-0.39, 0.29) is 45.4 Å². The normalized spacial score (nSPS) is 16.3. The number of hydrogen-bond acceptors (Lipinski definition) is 9. The second-order valence-electron chi connectivity index (χ2n) is 7.80. The highest BCUT2D eigenvalue weighted by Crippen LogP contribution is 2.16. The molecule has 0 saturated carbocycles. The highest BCUT2D eigenvalue weighted by Gasteiger charge is 2.30. The molecule has 2 rings (SSSR count). The van der Waals surface area contributed by atoms with Gasteiger partial charge in [0, 0.05) is 24.1 Å². The Morgan fingerprint density at radius 3 is 2.97 bits per heavy atom. The SMILES string of the molecule is CC[C@@H](OC)N1CC(C#CCNC(=O)COCCOC(COc2cccc(C=O)c2)N=[N+]=[N-])C(N)=NC1=O. The number of azide groups is 1. The maximum Gasteiger partial charge on any atom is 0.347 e. The molecule has 14 heteroatoms. The summed E-state index contributed by atoms with van der Waals surface area (Å²) in [7, 11) is 1.51. The van der Waals surface area contributed by atoms with Crippen molar-refractivity contribution < 1.29 is 33.3 Å². The molecule has 2 unspecified atom stereocenters. The highest BCUT2D eigenvalue weighted by atomic mass is 16.6. The molecule has 1 aromatic rings. The number of aldehydes is 1. The molecule has 3 amide bonds. The van der Waals surface area contributed by atoms with Crippen LogP contribution in [-0.4, -0.2) is 88.0 Å². The Bertz CT molecular complexity index is 1090. The molecule has 0 saturated heterocycles. The number of hydrogen-bond donors (Lipinski definition) is 2. The molecule has 1 aliphatic heterocycles. The summed E-state index contributed by atoms with van der Waals surface area (Å²) in [6.07, 6.45) is -0.0573. The maximum absolute atomic E-state index is 12.1. The molecule has 3 atom stereocenters. The number of nitrogens with one attached hydrogen (secondary N) is 1. The molecule has 1 aromatic carbocycles. The van der Waals surface area contributed by atoms with Crippen molar-refractivity contribution in [1.29, 1.82) is 0 Å². The number of carbonyl (C=O) groups is 3. The Balaban J connectivity index is 1.67. The Hall–Kier alpha value is -4.15. The summed E-state index contributed by atoms with van der Waals surface area (Å²) in [5, 5.41) is 6.10. The molecule has 0 spiro atoms. The second-order valence-corrected chi connectivity index (χ2v) is 7.80. The van der Waals surface area contributed by atoms with Crippen molar-refractivity contribution in [2.45, 2.75) is 25.8 Å². The number of nitrogens with two attached hydrogens (primary N) is 1. The predicted octanol–water partition coefficient (Wildman–Crippen LogP) is 1.46.